The van der Waals surface area contributed by atoms with Crippen molar-refractivity contribution in [3.8, 4) is 0 Å². The molecule has 4 heteroatoms. The number of hydrogen-bond donors (Lipinski definition) is 1. The summed E-state index contributed by atoms with van der Waals surface area (Å²) in [6.45, 7) is 0.0402. The minimum atomic E-state index is -0.310. The van der Waals surface area contributed by atoms with E-state index in [0.717, 1.165) is 22.1 Å². The van der Waals surface area contributed by atoms with Crippen molar-refractivity contribution in [3.05, 3.63) is 47.5 Å². The molecule has 0 bridgehead atoms. The number of thiophene rings is 1. The van der Waals surface area contributed by atoms with Crippen LogP contribution in [-0.4, -0.2) is 11.7 Å². The number of aryl methyl sites for hydroxylation is 1. The quantitative estimate of drug-likeness (QED) is 0.759. The second-order valence-electron chi connectivity index (χ2n) is 4.46. The molecule has 0 aliphatic carbocycles. The highest BCUT2D eigenvalue weighted by molar-refractivity contribution is 7.25. The molecular weight excluding hydrogens is 266 g/mol. The number of halogens is 2. The third kappa shape index (κ3) is 2.01. The largest absolute Gasteiger partial charge is 0.396 e. The molecule has 19 heavy (non-hydrogen) atoms. The number of aliphatic hydroxyl groups is 1. The van der Waals surface area contributed by atoms with Crippen LogP contribution in [0.15, 0.2) is 30.3 Å². The first-order valence-corrected chi connectivity index (χ1v) is 6.93. The maximum absolute atomic E-state index is 14.4. The highest BCUT2D eigenvalue weighted by Gasteiger charge is 2.14. The van der Waals surface area contributed by atoms with Crippen LogP contribution in [0.25, 0.3) is 20.2 Å². The molecule has 0 aliphatic heterocycles. The van der Waals surface area contributed by atoms with E-state index in [1.165, 1.54) is 6.07 Å². The van der Waals surface area contributed by atoms with Gasteiger partial charge in [-0.15, -0.1) is 11.3 Å². The summed E-state index contributed by atoms with van der Waals surface area (Å²) in [7, 11) is 0. The Hall–Kier alpha value is -1.52. The van der Waals surface area contributed by atoms with Crippen molar-refractivity contribution in [1.29, 1.82) is 0 Å². The van der Waals surface area contributed by atoms with Crippen molar-refractivity contribution in [1.82, 2.24) is 0 Å². The number of fused-ring (bicyclic) bond motifs is 3. The lowest BCUT2D eigenvalue weighted by atomic mass is 10.1. The molecule has 0 aliphatic rings. The summed E-state index contributed by atoms with van der Waals surface area (Å²) in [6, 6.07) is 8.40. The van der Waals surface area contributed by atoms with E-state index in [2.05, 4.69) is 0 Å². The molecule has 1 nitrogen and oxygen atoms in total. The lowest BCUT2D eigenvalue weighted by Gasteiger charge is -2.02. The molecule has 3 rings (SSSR count). The van der Waals surface area contributed by atoms with Crippen molar-refractivity contribution in [2.45, 2.75) is 12.8 Å². The van der Waals surface area contributed by atoms with Gasteiger partial charge in [0.2, 0.25) is 0 Å². The first-order chi connectivity index (χ1) is 9.22. The molecule has 1 heterocycles. The number of aliphatic hydroxyl groups excluding tert-OH is 1. The Morgan fingerprint density at radius 3 is 2.58 bits per heavy atom. The molecule has 3 aromatic rings. The van der Waals surface area contributed by atoms with Gasteiger partial charge >= 0.3 is 0 Å². The van der Waals surface area contributed by atoms with Gasteiger partial charge in [0, 0.05) is 17.4 Å². The maximum atomic E-state index is 14.4. The molecule has 1 N–H and O–H groups in total. The van der Waals surface area contributed by atoms with Gasteiger partial charge in [-0.05, 0) is 24.5 Å². The normalized spacial score (nSPS) is 11.5. The standard InChI is InChI=1S/C15H12F2OS/c16-12-5-1-4-10-11-7-6-9(3-2-8-18)13(17)15(11)19-14(10)12/h1,4-7,18H,2-3,8H2. The smallest absolute Gasteiger partial charge is 0.144 e. The van der Waals surface area contributed by atoms with E-state index < -0.39 is 0 Å². The van der Waals surface area contributed by atoms with Gasteiger partial charge in [-0.25, -0.2) is 8.78 Å². The van der Waals surface area contributed by atoms with Crippen molar-refractivity contribution in [2.24, 2.45) is 0 Å². The van der Waals surface area contributed by atoms with Crippen LogP contribution >= 0.6 is 11.3 Å². The monoisotopic (exact) mass is 278 g/mol. The zero-order chi connectivity index (χ0) is 13.4. The van der Waals surface area contributed by atoms with Crippen LogP contribution < -0.4 is 0 Å². The fourth-order valence-corrected chi connectivity index (χ4v) is 3.46. The third-order valence-electron chi connectivity index (χ3n) is 3.24. The van der Waals surface area contributed by atoms with Crippen LogP contribution in [0.5, 0.6) is 0 Å². The first-order valence-electron chi connectivity index (χ1n) is 6.11. The molecule has 0 spiro atoms. The lowest BCUT2D eigenvalue weighted by molar-refractivity contribution is 0.288. The SMILES string of the molecule is OCCCc1ccc2c(sc3c(F)cccc32)c1F. The fourth-order valence-electron chi connectivity index (χ4n) is 2.30. The Balaban J connectivity index is 2.26. The number of rotatable bonds is 3. The Kier molecular flexibility index (Phi) is 3.21. The highest BCUT2D eigenvalue weighted by atomic mass is 32.1. The fraction of sp³-hybridized carbons (Fsp3) is 0.200. The van der Waals surface area contributed by atoms with Crippen LogP contribution in [0, 0.1) is 11.6 Å². The minimum absolute atomic E-state index is 0.0402. The lowest BCUT2D eigenvalue weighted by Crippen LogP contribution is -1.93. The Morgan fingerprint density at radius 1 is 1.00 bits per heavy atom. The average molecular weight is 278 g/mol. The highest BCUT2D eigenvalue weighted by Crippen LogP contribution is 2.37. The van der Waals surface area contributed by atoms with E-state index in [1.807, 2.05) is 12.1 Å². The summed E-state index contributed by atoms with van der Waals surface area (Å²) in [5.74, 6) is -0.596. The maximum Gasteiger partial charge on any atom is 0.144 e. The van der Waals surface area contributed by atoms with Crippen LogP contribution in [0.1, 0.15) is 12.0 Å². The van der Waals surface area contributed by atoms with E-state index >= 15 is 0 Å². The van der Waals surface area contributed by atoms with Crippen molar-refractivity contribution in [3.63, 3.8) is 0 Å². The molecule has 0 unspecified atom stereocenters. The zero-order valence-corrected chi connectivity index (χ0v) is 10.9. The Bertz CT molecular complexity index is 749. The predicted molar refractivity (Wildman–Crippen MR) is 74.7 cm³/mol. The van der Waals surface area contributed by atoms with Gasteiger partial charge in [-0.1, -0.05) is 24.3 Å². The van der Waals surface area contributed by atoms with Gasteiger partial charge in [0.05, 0.1) is 9.40 Å². The molecule has 0 saturated carbocycles. The number of hydrogen-bond acceptors (Lipinski definition) is 2. The minimum Gasteiger partial charge on any atom is -0.396 e. The van der Waals surface area contributed by atoms with E-state index in [9.17, 15) is 8.78 Å². The summed E-state index contributed by atoms with van der Waals surface area (Å²) in [4.78, 5) is 0. The van der Waals surface area contributed by atoms with Crippen molar-refractivity contribution < 1.29 is 13.9 Å². The molecule has 98 valence electrons. The first kappa shape index (κ1) is 12.5. The van der Waals surface area contributed by atoms with Gasteiger partial charge in [0.1, 0.15) is 11.6 Å². The molecule has 0 radical (unpaired) electrons. The van der Waals surface area contributed by atoms with E-state index in [-0.39, 0.29) is 18.2 Å². The summed E-state index contributed by atoms with van der Waals surface area (Å²) in [5, 5.41) is 10.3. The van der Waals surface area contributed by atoms with E-state index in [0.29, 0.717) is 27.8 Å². The summed E-state index contributed by atoms with van der Waals surface area (Å²) in [6.07, 6.45) is 1.02. The van der Waals surface area contributed by atoms with Gasteiger partial charge in [0.15, 0.2) is 0 Å². The van der Waals surface area contributed by atoms with Crippen molar-refractivity contribution in [2.75, 3.05) is 6.61 Å². The summed E-state index contributed by atoms with van der Waals surface area (Å²) in [5.41, 5.74) is 0.577. The Labute approximate surface area is 113 Å². The van der Waals surface area contributed by atoms with Gasteiger partial charge in [0.25, 0.3) is 0 Å². The second kappa shape index (κ2) is 4.87. The molecule has 2 aromatic carbocycles. The Morgan fingerprint density at radius 2 is 1.79 bits per heavy atom. The third-order valence-corrected chi connectivity index (χ3v) is 4.46. The van der Waals surface area contributed by atoms with Gasteiger partial charge < -0.3 is 5.11 Å². The molecular formula is C15H12F2OS. The molecule has 0 saturated heterocycles. The van der Waals surface area contributed by atoms with E-state index in [1.54, 1.807) is 12.1 Å². The van der Waals surface area contributed by atoms with Crippen LogP contribution in [0.3, 0.4) is 0 Å². The van der Waals surface area contributed by atoms with Crippen LogP contribution in [0.2, 0.25) is 0 Å². The average Bonchev–Trinajstić information content (AvgIpc) is 2.79. The molecule has 0 atom stereocenters. The van der Waals surface area contributed by atoms with Crippen LogP contribution in [0.4, 0.5) is 8.78 Å². The van der Waals surface area contributed by atoms with Gasteiger partial charge in [-0.2, -0.15) is 0 Å². The van der Waals surface area contributed by atoms with Crippen molar-refractivity contribution >= 4 is 31.5 Å². The predicted octanol–water partition coefficient (Wildman–Crippen LogP) is 4.26. The topological polar surface area (TPSA) is 20.2 Å². The van der Waals surface area contributed by atoms with Gasteiger partial charge in [-0.3, -0.25) is 0 Å². The molecule has 1 aromatic heterocycles. The number of benzene rings is 2. The molecule has 0 fully saturated rings. The summed E-state index contributed by atoms with van der Waals surface area (Å²) < 4.78 is 29.1. The van der Waals surface area contributed by atoms with Crippen LogP contribution in [-0.2, 0) is 6.42 Å². The summed E-state index contributed by atoms with van der Waals surface area (Å²) >= 11 is 1.15. The second-order valence-corrected chi connectivity index (χ2v) is 5.48. The van der Waals surface area contributed by atoms with E-state index in [4.69, 9.17) is 5.11 Å². The zero-order valence-electron chi connectivity index (χ0n) is 10.1. The molecule has 0 amide bonds.